The van der Waals surface area contributed by atoms with Gasteiger partial charge in [-0.15, -0.1) is 24.0 Å². The van der Waals surface area contributed by atoms with Crippen LogP contribution in [0.15, 0.2) is 59.6 Å². The number of nitrogens with one attached hydrogen (secondary N) is 3. The van der Waals surface area contributed by atoms with Crippen LogP contribution in [0.3, 0.4) is 0 Å². The van der Waals surface area contributed by atoms with E-state index in [1.54, 1.807) is 20.9 Å². The Hall–Kier alpha value is -1.85. The van der Waals surface area contributed by atoms with Crippen molar-refractivity contribution in [3.05, 3.63) is 65.7 Å². The zero-order valence-corrected chi connectivity index (χ0v) is 20.7. The van der Waals surface area contributed by atoms with E-state index in [2.05, 4.69) is 20.3 Å². The van der Waals surface area contributed by atoms with E-state index >= 15 is 0 Å². The summed E-state index contributed by atoms with van der Waals surface area (Å²) in [5.41, 5.74) is 1.79. The maximum Gasteiger partial charge on any atom is 0.216 e. The van der Waals surface area contributed by atoms with Crippen molar-refractivity contribution in [1.82, 2.24) is 15.4 Å². The summed E-state index contributed by atoms with van der Waals surface area (Å²) in [7, 11) is -1.60. The van der Waals surface area contributed by atoms with Gasteiger partial charge in [0.05, 0.1) is 12.3 Å². The van der Waals surface area contributed by atoms with Gasteiger partial charge in [-0.25, -0.2) is 13.1 Å². The molecule has 0 fully saturated rings. The summed E-state index contributed by atoms with van der Waals surface area (Å²) in [6.07, 6.45) is 0. The Labute approximate surface area is 196 Å². The van der Waals surface area contributed by atoms with Gasteiger partial charge in [0.1, 0.15) is 12.4 Å². The maximum atomic E-state index is 12.0. The second-order valence-electron chi connectivity index (χ2n) is 6.86. The van der Waals surface area contributed by atoms with Crippen LogP contribution in [0.4, 0.5) is 0 Å². The number of hydrogen-bond donors (Lipinski definition) is 3. The van der Waals surface area contributed by atoms with Gasteiger partial charge in [0.25, 0.3) is 0 Å². The van der Waals surface area contributed by atoms with Crippen molar-refractivity contribution in [1.29, 1.82) is 0 Å². The molecule has 0 aliphatic carbocycles. The monoisotopic (exact) mass is 546 g/mol. The van der Waals surface area contributed by atoms with Gasteiger partial charge in [-0.1, -0.05) is 42.5 Å². The normalized spacial score (nSPS) is 11.7. The van der Waals surface area contributed by atoms with E-state index in [-0.39, 0.29) is 35.8 Å². The molecule has 0 heterocycles. The lowest BCUT2D eigenvalue weighted by Crippen LogP contribution is -2.38. The fourth-order valence-electron chi connectivity index (χ4n) is 2.63. The molecule has 3 N–H and O–H groups in total. The van der Waals surface area contributed by atoms with Crippen LogP contribution < -0.4 is 20.1 Å². The van der Waals surface area contributed by atoms with Gasteiger partial charge in [-0.05, 0) is 37.1 Å². The molecule has 166 valence electrons. The van der Waals surface area contributed by atoms with Crippen molar-refractivity contribution in [3.8, 4) is 5.75 Å². The van der Waals surface area contributed by atoms with E-state index in [1.807, 2.05) is 54.6 Å². The van der Waals surface area contributed by atoms with Crippen molar-refractivity contribution < 1.29 is 13.2 Å². The predicted molar refractivity (Wildman–Crippen MR) is 133 cm³/mol. The molecular weight excluding hydrogens is 515 g/mol. The fraction of sp³-hybridized carbons (Fsp3) is 0.381. The second kappa shape index (κ2) is 13.5. The summed E-state index contributed by atoms with van der Waals surface area (Å²) in [6, 6.07) is 17.0. The Morgan fingerprint density at radius 1 is 1.00 bits per heavy atom. The lowest BCUT2D eigenvalue weighted by atomic mass is 10.1. The van der Waals surface area contributed by atoms with Crippen molar-refractivity contribution in [2.45, 2.75) is 32.2 Å². The van der Waals surface area contributed by atoms with Gasteiger partial charge in [0, 0.05) is 19.6 Å². The number of aliphatic imine (C=N–C) groups is 1. The molecule has 0 bridgehead atoms. The average Bonchev–Trinajstić information content (AvgIpc) is 2.68. The minimum absolute atomic E-state index is 0. The molecule has 0 amide bonds. The first-order valence-corrected chi connectivity index (χ1v) is 11.2. The van der Waals surface area contributed by atoms with E-state index < -0.39 is 10.0 Å². The highest BCUT2D eigenvalue weighted by molar-refractivity contribution is 14.0. The van der Waals surface area contributed by atoms with Gasteiger partial charge < -0.3 is 15.4 Å². The van der Waals surface area contributed by atoms with Crippen LogP contribution in [-0.2, 0) is 22.3 Å². The SMILES string of the molecule is CN=C(NCCOc1ccccc1)NCc1ccc(CS(=O)(=O)NC(C)C)cc1.I. The van der Waals surface area contributed by atoms with Gasteiger partial charge in [0.2, 0.25) is 10.0 Å². The average molecular weight is 546 g/mol. The summed E-state index contributed by atoms with van der Waals surface area (Å²) < 4.78 is 32.2. The molecule has 2 aromatic carbocycles. The van der Waals surface area contributed by atoms with Crippen LogP contribution >= 0.6 is 24.0 Å². The third-order valence-electron chi connectivity index (χ3n) is 3.88. The van der Waals surface area contributed by atoms with Crippen LogP contribution in [0.25, 0.3) is 0 Å². The summed E-state index contributed by atoms with van der Waals surface area (Å²) in [5, 5.41) is 6.43. The number of benzene rings is 2. The van der Waals surface area contributed by atoms with Gasteiger partial charge in [-0.3, -0.25) is 4.99 Å². The molecule has 0 unspecified atom stereocenters. The number of para-hydroxylation sites is 1. The first-order chi connectivity index (χ1) is 13.9. The topological polar surface area (TPSA) is 91.8 Å². The summed E-state index contributed by atoms with van der Waals surface area (Å²) in [5.74, 6) is 1.49. The van der Waals surface area contributed by atoms with E-state index in [1.165, 1.54) is 0 Å². The van der Waals surface area contributed by atoms with Crippen LogP contribution in [0, 0.1) is 0 Å². The molecule has 7 nitrogen and oxygen atoms in total. The summed E-state index contributed by atoms with van der Waals surface area (Å²) in [6.45, 7) is 5.34. The standard InChI is InChI=1S/C21H30N4O3S.HI/c1-17(2)25-29(26,27)16-19-11-9-18(10-12-19)15-24-21(22-3)23-13-14-28-20-7-5-4-6-8-20;/h4-12,17,25H,13-16H2,1-3H3,(H2,22,23,24);1H. The minimum atomic E-state index is -3.32. The second-order valence-corrected chi connectivity index (χ2v) is 8.62. The summed E-state index contributed by atoms with van der Waals surface area (Å²) >= 11 is 0. The molecule has 0 atom stereocenters. The van der Waals surface area contributed by atoms with E-state index in [0.29, 0.717) is 25.7 Å². The van der Waals surface area contributed by atoms with Gasteiger partial charge >= 0.3 is 0 Å². The molecule has 0 radical (unpaired) electrons. The van der Waals surface area contributed by atoms with Crippen LogP contribution in [0.1, 0.15) is 25.0 Å². The fourth-order valence-corrected chi connectivity index (χ4v) is 4.07. The quantitative estimate of drug-likeness (QED) is 0.185. The zero-order valence-electron chi connectivity index (χ0n) is 17.6. The highest BCUT2D eigenvalue weighted by Gasteiger charge is 2.12. The minimum Gasteiger partial charge on any atom is -0.492 e. The summed E-state index contributed by atoms with van der Waals surface area (Å²) in [4.78, 5) is 4.19. The van der Waals surface area contributed by atoms with Crippen molar-refractivity contribution >= 4 is 40.0 Å². The Morgan fingerprint density at radius 2 is 1.63 bits per heavy atom. The van der Waals surface area contributed by atoms with Gasteiger partial charge in [-0.2, -0.15) is 0 Å². The third-order valence-corrected chi connectivity index (χ3v) is 5.43. The number of rotatable bonds is 10. The van der Waals surface area contributed by atoms with Crippen molar-refractivity contribution in [2.75, 3.05) is 20.2 Å². The number of halogens is 1. The van der Waals surface area contributed by atoms with Crippen LogP contribution in [0.2, 0.25) is 0 Å². The molecule has 2 rings (SSSR count). The predicted octanol–water partition coefficient (Wildman–Crippen LogP) is 2.88. The highest BCUT2D eigenvalue weighted by Crippen LogP contribution is 2.09. The van der Waals surface area contributed by atoms with E-state index in [4.69, 9.17) is 4.74 Å². The third kappa shape index (κ3) is 10.3. The van der Waals surface area contributed by atoms with E-state index in [0.717, 1.165) is 16.9 Å². The molecule has 0 spiro atoms. The molecule has 30 heavy (non-hydrogen) atoms. The van der Waals surface area contributed by atoms with Crippen LogP contribution in [0.5, 0.6) is 5.75 Å². The first kappa shape index (κ1) is 26.2. The molecule has 0 saturated carbocycles. The molecule has 0 saturated heterocycles. The lowest BCUT2D eigenvalue weighted by molar-refractivity contribution is 0.322. The van der Waals surface area contributed by atoms with Gasteiger partial charge in [0.15, 0.2) is 5.96 Å². The number of guanidine groups is 1. The van der Waals surface area contributed by atoms with Crippen LogP contribution in [-0.4, -0.2) is 40.6 Å². The number of hydrogen-bond acceptors (Lipinski definition) is 4. The lowest BCUT2D eigenvalue weighted by Gasteiger charge is -2.13. The number of nitrogens with zero attached hydrogens (tertiary/aromatic N) is 1. The Balaban J connectivity index is 0.00000450. The largest absolute Gasteiger partial charge is 0.492 e. The van der Waals surface area contributed by atoms with E-state index in [9.17, 15) is 8.42 Å². The molecule has 0 aliphatic rings. The zero-order chi connectivity index (χ0) is 21.1. The maximum absolute atomic E-state index is 12.0. The Morgan fingerprint density at radius 3 is 2.23 bits per heavy atom. The highest BCUT2D eigenvalue weighted by atomic mass is 127. The molecular formula is C21H31IN4O3S. The van der Waals surface area contributed by atoms with Crippen molar-refractivity contribution in [2.24, 2.45) is 4.99 Å². The smallest absolute Gasteiger partial charge is 0.216 e. The number of ether oxygens (including phenoxy) is 1. The Kier molecular flexibility index (Phi) is 11.7. The first-order valence-electron chi connectivity index (χ1n) is 9.58. The molecule has 2 aromatic rings. The molecule has 0 aliphatic heterocycles. The molecule has 9 heteroatoms. The Bertz CT molecular complexity index is 873. The van der Waals surface area contributed by atoms with Crippen molar-refractivity contribution in [3.63, 3.8) is 0 Å². The molecule has 0 aromatic heterocycles. The number of sulfonamides is 1.